The number of nitrogens with one attached hydrogen (secondary N) is 2. The summed E-state index contributed by atoms with van der Waals surface area (Å²) >= 11 is 1.52. The number of aryl methyl sites for hydroxylation is 2. The first-order valence-electron chi connectivity index (χ1n) is 5.81. The lowest BCUT2D eigenvalue weighted by molar-refractivity contribution is 0.102. The van der Waals surface area contributed by atoms with E-state index >= 15 is 0 Å². The maximum Gasteiger partial charge on any atom is 0.255 e. The summed E-state index contributed by atoms with van der Waals surface area (Å²) in [7, 11) is 0. The number of rotatable bonds is 2. The lowest BCUT2D eigenvalue weighted by Crippen LogP contribution is -2.12. The number of aromatic amines is 1. The number of nitrogens with zero attached hydrogens (tertiary/aromatic N) is 2. The first-order chi connectivity index (χ1) is 9.15. The Hall–Kier alpha value is -2.21. The normalized spacial score (nSPS) is 10.8. The van der Waals surface area contributed by atoms with Crippen LogP contribution in [0.5, 0.6) is 0 Å². The Morgan fingerprint density at radius 3 is 2.95 bits per heavy atom. The molecule has 2 heterocycles. The van der Waals surface area contributed by atoms with E-state index in [0.717, 1.165) is 27.3 Å². The number of fused-ring (bicyclic) bond motifs is 1. The zero-order chi connectivity index (χ0) is 13.4. The predicted molar refractivity (Wildman–Crippen MR) is 75.6 cm³/mol. The van der Waals surface area contributed by atoms with E-state index in [-0.39, 0.29) is 5.91 Å². The minimum Gasteiger partial charge on any atom is -0.319 e. The van der Waals surface area contributed by atoms with Crippen molar-refractivity contribution in [1.82, 2.24) is 15.2 Å². The molecule has 0 radical (unpaired) electrons. The maximum absolute atomic E-state index is 12.2. The van der Waals surface area contributed by atoms with Crippen molar-refractivity contribution in [3.05, 3.63) is 40.7 Å². The van der Waals surface area contributed by atoms with Gasteiger partial charge in [0.05, 0.1) is 32.8 Å². The quantitative estimate of drug-likeness (QED) is 0.753. The van der Waals surface area contributed by atoms with Crippen molar-refractivity contribution in [1.29, 1.82) is 0 Å². The summed E-state index contributed by atoms with van der Waals surface area (Å²) < 4.78 is 1.01. The molecule has 2 N–H and O–H groups in total. The molecule has 1 aromatic carbocycles. The van der Waals surface area contributed by atoms with Gasteiger partial charge in [0.15, 0.2) is 0 Å². The Morgan fingerprint density at radius 2 is 2.21 bits per heavy atom. The van der Waals surface area contributed by atoms with Gasteiger partial charge in [0.25, 0.3) is 5.91 Å². The van der Waals surface area contributed by atoms with Crippen LogP contribution in [0, 0.1) is 13.8 Å². The second-order valence-electron chi connectivity index (χ2n) is 4.30. The van der Waals surface area contributed by atoms with Crippen molar-refractivity contribution in [2.45, 2.75) is 13.8 Å². The fraction of sp³-hybridized carbons (Fsp3) is 0.154. The van der Waals surface area contributed by atoms with E-state index in [1.54, 1.807) is 11.6 Å². The molecular weight excluding hydrogens is 260 g/mol. The number of benzene rings is 1. The third-order valence-corrected chi connectivity index (χ3v) is 3.75. The molecule has 96 valence electrons. The zero-order valence-electron chi connectivity index (χ0n) is 10.5. The van der Waals surface area contributed by atoms with Gasteiger partial charge >= 0.3 is 0 Å². The van der Waals surface area contributed by atoms with Gasteiger partial charge in [-0.2, -0.15) is 5.10 Å². The van der Waals surface area contributed by atoms with Crippen LogP contribution in [0.3, 0.4) is 0 Å². The second kappa shape index (κ2) is 4.47. The largest absolute Gasteiger partial charge is 0.319 e. The first kappa shape index (κ1) is 11.9. The van der Waals surface area contributed by atoms with E-state index in [1.165, 1.54) is 11.3 Å². The van der Waals surface area contributed by atoms with Gasteiger partial charge < -0.3 is 5.32 Å². The Labute approximate surface area is 113 Å². The summed E-state index contributed by atoms with van der Waals surface area (Å²) in [6.45, 7) is 3.73. The summed E-state index contributed by atoms with van der Waals surface area (Å²) in [5.74, 6) is -0.136. The number of aromatic nitrogens is 3. The Morgan fingerprint density at radius 1 is 1.37 bits per heavy atom. The van der Waals surface area contributed by atoms with Crippen LogP contribution in [0.4, 0.5) is 5.69 Å². The monoisotopic (exact) mass is 272 g/mol. The minimum atomic E-state index is -0.136. The highest BCUT2D eigenvalue weighted by Gasteiger charge is 2.12. The van der Waals surface area contributed by atoms with Gasteiger partial charge in [-0.15, -0.1) is 11.3 Å². The summed E-state index contributed by atoms with van der Waals surface area (Å²) in [4.78, 5) is 16.4. The minimum absolute atomic E-state index is 0.136. The van der Waals surface area contributed by atoms with Crippen LogP contribution in [0.15, 0.2) is 23.7 Å². The van der Waals surface area contributed by atoms with Gasteiger partial charge in [-0.1, -0.05) is 0 Å². The van der Waals surface area contributed by atoms with Crippen molar-refractivity contribution < 1.29 is 4.79 Å². The molecule has 3 rings (SSSR count). The molecule has 0 atom stereocenters. The van der Waals surface area contributed by atoms with E-state index in [1.807, 2.05) is 26.0 Å². The van der Waals surface area contributed by atoms with E-state index in [2.05, 4.69) is 20.5 Å². The summed E-state index contributed by atoms with van der Waals surface area (Å²) in [5, 5.41) is 9.79. The molecule has 0 aliphatic heterocycles. The van der Waals surface area contributed by atoms with Crippen LogP contribution >= 0.6 is 11.3 Å². The van der Waals surface area contributed by atoms with Crippen molar-refractivity contribution >= 4 is 33.1 Å². The second-order valence-corrected chi connectivity index (χ2v) is 5.18. The molecule has 0 fully saturated rings. The summed E-state index contributed by atoms with van der Waals surface area (Å²) in [6.07, 6.45) is 0. The third kappa shape index (κ3) is 2.10. The number of anilines is 1. The van der Waals surface area contributed by atoms with Crippen molar-refractivity contribution in [3.8, 4) is 0 Å². The van der Waals surface area contributed by atoms with Crippen LogP contribution in [-0.4, -0.2) is 21.1 Å². The number of H-pyrrole nitrogens is 1. The topological polar surface area (TPSA) is 70.7 Å². The molecule has 2 aromatic heterocycles. The van der Waals surface area contributed by atoms with Gasteiger partial charge in [0, 0.05) is 5.56 Å². The molecule has 0 saturated heterocycles. The molecule has 0 spiro atoms. The molecular formula is C13H12N4OS. The van der Waals surface area contributed by atoms with Crippen molar-refractivity contribution in [2.24, 2.45) is 0 Å². The predicted octanol–water partition coefficient (Wildman–Crippen LogP) is 2.89. The molecule has 3 aromatic rings. The van der Waals surface area contributed by atoms with Gasteiger partial charge in [-0.25, -0.2) is 4.98 Å². The van der Waals surface area contributed by atoms with Crippen LogP contribution in [0.25, 0.3) is 10.2 Å². The maximum atomic E-state index is 12.2. The number of hydrogen-bond donors (Lipinski definition) is 2. The Balaban J connectivity index is 1.91. The molecule has 0 aliphatic rings. The third-order valence-electron chi connectivity index (χ3n) is 2.96. The average Bonchev–Trinajstić information content (AvgIpc) is 2.99. The highest BCUT2D eigenvalue weighted by molar-refractivity contribution is 7.16. The van der Waals surface area contributed by atoms with Crippen LogP contribution < -0.4 is 5.32 Å². The van der Waals surface area contributed by atoms with Crippen molar-refractivity contribution in [2.75, 3.05) is 5.32 Å². The first-order valence-corrected chi connectivity index (χ1v) is 6.69. The van der Waals surface area contributed by atoms with E-state index in [4.69, 9.17) is 0 Å². The number of carbonyl (C=O) groups is 1. The van der Waals surface area contributed by atoms with Crippen LogP contribution in [0.2, 0.25) is 0 Å². The van der Waals surface area contributed by atoms with E-state index in [9.17, 15) is 4.79 Å². The van der Waals surface area contributed by atoms with E-state index < -0.39 is 0 Å². The molecule has 0 aliphatic carbocycles. The molecule has 6 heteroatoms. The lowest BCUT2D eigenvalue weighted by atomic mass is 10.2. The van der Waals surface area contributed by atoms with Gasteiger partial charge in [0.1, 0.15) is 0 Å². The lowest BCUT2D eigenvalue weighted by Gasteiger charge is -2.05. The fourth-order valence-corrected chi connectivity index (χ4v) is 2.63. The van der Waals surface area contributed by atoms with Gasteiger partial charge in [-0.3, -0.25) is 9.89 Å². The van der Waals surface area contributed by atoms with Crippen LogP contribution in [-0.2, 0) is 0 Å². The Bertz CT molecular complexity index is 739. The molecule has 5 nitrogen and oxygen atoms in total. The summed E-state index contributed by atoms with van der Waals surface area (Å²) in [5.41, 5.74) is 5.69. The molecule has 1 amide bonds. The standard InChI is InChI=1S/C13H12N4OS/c1-7-12(8(2)17-16-7)15-13(18)9-3-4-10-11(5-9)19-6-14-10/h3-6H,1-2H3,(H,15,18)(H,16,17). The number of carbonyl (C=O) groups excluding carboxylic acids is 1. The molecule has 0 unspecified atom stereocenters. The smallest absolute Gasteiger partial charge is 0.255 e. The number of thiazole rings is 1. The van der Waals surface area contributed by atoms with E-state index in [0.29, 0.717) is 5.56 Å². The molecule has 19 heavy (non-hydrogen) atoms. The zero-order valence-corrected chi connectivity index (χ0v) is 11.3. The summed E-state index contributed by atoms with van der Waals surface area (Å²) in [6, 6.07) is 5.49. The SMILES string of the molecule is Cc1n[nH]c(C)c1NC(=O)c1ccc2ncsc2c1. The highest BCUT2D eigenvalue weighted by Crippen LogP contribution is 2.21. The number of hydrogen-bond acceptors (Lipinski definition) is 4. The number of amides is 1. The van der Waals surface area contributed by atoms with Crippen LogP contribution in [0.1, 0.15) is 21.7 Å². The fourth-order valence-electron chi connectivity index (χ4n) is 1.92. The highest BCUT2D eigenvalue weighted by atomic mass is 32.1. The molecule has 0 saturated carbocycles. The van der Waals surface area contributed by atoms with Crippen molar-refractivity contribution in [3.63, 3.8) is 0 Å². The molecule has 0 bridgehead atoms. The van der Waals surface area contributed by atoms with Gasteiger partial charge in [0.2, 0.25) is 0 Å². The van der Waals surface area contributed by atoms with Gasteiger partial charge in [-0.05, 0) is 32.0 Å². The average molecular weight is 272 g/mol. The Kier molecular flexibility index (Phi) is 2.79.